The zero-order valence-electron chi connectivity index (χ0n) is 24.3. The number of carbonyl (C=O) groups excluding carboxylic acids is 1. The Kier molecular flexibility index (Phi) is 10.5. The summed E-state index contributed by atoms with van der Waals surface area (Å²) in [5.74, 6) is -11.2. The van der Waals surface area contributed by atoms with Crippen molar-refractivity contribution >= 4 is 29.8 Å². The van der Waals surface area contributed by atoms with Crippen molar-refractivity contribution in [1.29, 1.82) is 0 Å². The van der Waals surface area contributed by atoms with E-state index in [1.807, 2.05) is 48.5 Å². The van der Waals surface area contributed by atoms with Crippen LogP contribution in [0, 0.1) is 11.8 Å². The second-order valence-electron chi connectivity index (χ2n) is 10.8. The molecule has 1 amide bonds. The molecule has 0 spiro atoms. The number of hydrogen-bond acceptors (Lipinski definition) is 7. The van der Waals surface area contributed by atoms with Crippen molar-refractivity contribution in [1.82, 2.24) is 4.90 Å². The maximum absolute atomic E-state index is 13.9. The van der Waals surface area contributed by atoms with Gasteiger partial charge in [-0.05, 0) is 55.2 Å². The molecule has 3 aromatic rings. The monoisotopic (exact) mass is 619 g/mol. The van der Waals surface area contributed by atoms with Gasteiger partial charge in [0.15, 0.2) is 12.2 Å². The molecule has 6 unspecified atom stereocenters. The molecule has 4 rings (SSSR count). The Bertz CT molecular complexity index is 1510. The molecule has 12 nitrogen and oxygen atoms in total. The van der Waals surface area contributed by atoms with Gasteiger partial charge in [0.2, 0.25) is 0 Å². The van der Waals surface area contributed by atoms with E-state index in [0.717, 1.165) is 16.0 Å². The van der Waals surface area contributed by atoms with Gasteiger partial charge in [0.25, 0.3) is 5.91 Å². The zero-order chi connectivity index (χ0) is 32.7. The minimum absolute atomic E-state index is 0.441. The Morgan fingerprint density at radius 1 is 0.733 bits per heavy atom. The largest absolute Gasteiger partial charge is 0.481 e. The van der Waals surface area contributed by atoms with Crippen LogP contribution in [0.3, 0.4) is 0 Å². The van der Waals surface area contributed by atoms with Crippen molar-refractivity contribution in [2.45, 2.75) is 43.9 Å². The minimum Gasteiger partial charge on any atom is -0.481 e. The summed E-state index contributed by atoms with van der Waals surface area (Å²) in [6.07, 6.45) is -3.17. The summed E-state index contributed by atoms with van der Waals surface area (Å²) in [5.41, 5.74) is 1.73. The van der Waals surface area contributed by atoms with Gasteiger partial charge in [-0.1, -0.05) is 60.7 Å². The average molecular weight is 620 g/mol. The van der Waals surface area contributed by atoms with Crippen molar-refractivity contribution in [3.63, 3.8) is 0 Å². The van der Waals surface area contributed by atoms with Crippen LogP contribution in [0.15, 0.2) is 84.9 Å². The van der Waals surface area contributed by atoms with E-state index in [1.54, 1.807) is 43.3 Å². The van der Waals surface area contributed by atoms with Crippen molar-refractivity contribution in [2.24, 2.45) is 11.8 Å². The lowest BCUT2D eigenvalue weighted by Crippen LogP contribution is -2.51. The SMILES string of the molecule is CC(C(CCc1ccccc1)c1ccc(Oc2ccccc2)cc1)N(CC(=O)O)C(=O)C1OC(C(=O)O)C(C(=O)O)C1C(=O)O. The fourth-order valence-corrected chi connectivity index (χ4v) is 5.70. The van der Waals surface area contributed by atoms with Gasteiger partial charge in [-0.25, -0.2) is 4.79 Å². The predicted molar refractivity (Wildman–Crippen MR) is 158 cm³/mol. The molecule has 0 aromatic heterocycles. The fraction of sp³-hybridized carbons (Fsp3) is 0.303. The lowest BCUT2D eigenvalue weighted by Gasteiger charge is -2.36. The van der Waals surface area contributed by atoms with Crippen LogP contribution in [0.4, 0.5) is 0 Å². The number of nitrogens with zero attached hydrogens (tertiary/aromatic N) is 1. The number of carboxylic acid groups (broad SMARTS) is 4. The summed E-state index contributed by atoms with van der Waals surface area (Å²) < 4.78 is 11.2. The number of para-hydroxylation sites is 1. The molecule has 0 aliphatic carbocycles. The summed E-state index contributed by atoms with van der Waals surface area (Å²) in [7, 11) is 0. The Morgan fingerprint density at radius 3 is 1.80 bits per heavy atom. The Balaban J connectivity index is 1.68. The molecule has 0 radical (unpaired) electrons. The fourth-order valence-electron chi connectivity index (χ4n) is 5.70. The number of hydrogen-bond donors (Lipinski definition) is 4. The first-order chi connectivity index (χ1) is 21.5. The normalized spacial score (nSPS) is 20.5. The zero-order valence-corrected chi connectivity index (χ0v) is 24.3. The molecule has 236 valence electrons. The molecule has 1 aliphatic heterocycles. The van der Waals surface area contributed by atoms with E-state index in [1.165, 1.54) is 0 Å². The summed E-state index contributed by atoms with van der Waals surface area (Å²) in [6, 6.07) is 24.8. The molecule has 1 heterocycles. The van der Waals surface area contributed by atoms with Crippen LogP contribution in [0.1, 0.15) is 30.4 Å². The average Bonchev–Trinajstić information content (AvgIpc) is 3.43. The van der Waals surface area contributed by atoms with Gasteiger partial charge in [0.1, 0.15) is 29.9 Å². The molecule has 6 atom stereocenters. The number of aryl methyl sites for hydroxylation is 1. The summed E-state index contributed by atoms with van der Waals surface area (Å²) in [6.45, 7) is 0.748. The van der Waals surface area contributed by atoms with Crippen LogP contribution in [-0.2, 0) is 35.1 Å². The van der Waals surface area contributed by atoms with Crippen LogP contribution in [0.25, 0.3) is 0 Å². The molecule has 12 heteroatoms. The van der Waals surface area contributed by atoms with E-state index < -0.39 is 72.3 Å². The van der Waals surface area contributed by atoms with Crippen molar-refractivity contribution in [3.8, 4) is 11.5 Å². The van der Waals surface area contributed by atoms with Gasteiger partial charge in [0, 0.05) is 12.0 Å². The van der Waals surface area contributed by atoms with Crippen LogP contribution >= 0.6 is 0 Å². The van der Waals surface area contributed by atoms with E-state index in [2.05, 4.69) is 0 Å². The molecular weight excluding hydrogens is 586 g/mol. The van der Waals surface area contributed by atoms with E-state index in [4.69, 9.17) is 9.47 Å². The van der Waals surface area contributed by atoms with Gasteiger partial charge >= 0.3 is 23.9 Å². The van der Waals surface area contributed by atoms with E-state index >= 15 is 0 Å². The summed E-state index contributed by atoms with van der Waals surface area (Å²) in [5, 5.41) is 38.8. The highest BCUT2D eigenvalue weighted by Gasteiger charge is 2.58. The van der Waals surface area contributed by atoms with Crippen LogP contribution in [-0.4, -0.2) is 79.9 Å². The number of aliphatic carboxylic acids is 4. The molecule has 1 fully saturated rings. The maximum atomic E-state index is 13.9. The Hall–Kier alpha value is -5.23. The number of carboxylic acids is 4. The van der Waals surface area contributed by atoms with E-state index in [-0.39, 0.29) is 0 Å². The highest BCUT2D eigenvalue weighted by atomic mass is 16.5. The first kappa shape index (κ1) is 32.7. The number of benzene rings is 3. The number of rotatable bonds is 14. The molecule has 1 saturated heterocycles. The molecule has 0 bridgehead atoms. The highest BCUT2D eigenvalue weighted by Crippen LogP contribution is 2.37. The molecule has 3 aromatic carbocycles. The van der Waals surface area contributed by atoms with Crippen LogP contribution < -0.4 is 4.74 Å². The second kappa shape index (κ2) is 14.5. The first-order valence-electron chi connectivity index (χ1n) is 14.2. The third-order valence-electron chi connectivity index (χ3n) is 7.93. The summed E-state index contributed by atoms with van der Waals surface area (Å²) >= 11 is 0. The minimum atomic E-state index is -2.12. The third kappa shape index (κ3) is 7.84. The van der Waals surface area contributed by atoms with Crippen molar-refractivity contribution < 1.29 is 53.9 Å². The summed E-state index contributed by atoms with van der Waals surface area (Å²) in [4.78, 5) is 62.7. The molecule has 1 aliphatic rings. The van der Waals surface area contributed by atoms with E-state index in [0.29, 0.717) is 24.3 Å². The maximum Gasteiger partial charge on any atom is 0.333 e. The van der Waals surface area contributed by atoms with Gasteiger partial charge in [-0.3, -0.25) is 19.2 Å². The first-order valence-corrected chi connectivity index (χ1v) is 14.2. The van der Waals surface area contributed by atoms with Crippen molar-refractivity contribution in [3.05, 3.63) is 96.1 Å². The van der Waals surface area contributed by atoms with Crippen LogP contribution in [0.2, 0.25) is 0 Å². The van der Waals surface area contributed by atoms with Crippen LogP contribution in [0.5, 0.6) is 11.5 Å². The number of carbonyl (C=O) groups is 5. The van der Waals surface area contributed by atoms with E-state index in [9.17, 15) is 44.4 Å². The predicted octanol–water partition coefficient (Wildman–Crippen LogP) is 3.75. The Labute approximate surface area is 258 Å². The van der Waals surface area contributed by atoms with Gasteiger partial charge in [0.05, 0.1) is 0 Å². The Morgan fingerprint density at radius 2 is 1.27 bits per heavy atom. The molecule has 0 saturated carbocycles. The molecule has 45 heavy (non-hydrogen) atoms. The molecule has 4 N–H and O–H groups in total. The smallest absolute Gasteiger partial charge is 0.333 e. The standard InChI is InChI=1S/C33H33NO11/c1-19(34(18-25(35)36)30(37)28-26(31(38)39)27(32(40)41)29(45-28)33(42)43)24(17-12-20-8-4-2-5-9-20)21-13-15-23(16-14-21)44-22-10-6-3-7-11-22/h2-11,13-16,19,24,26-29H,12,17-18H2,1H3,(H,35,36)(H,38,39)(H,40,41)(H,42,43). The quantitative estimate of drug-likeness (QED) is 0.206. The topological polar surface area (TPSA) is 188 Å². The lowest BCUT2D eigenvalue weighted by molar-refractivity contribution is -0.163. The second-order valence-corrected chi connectivity index (χ2v) is 10.8. The third-order valence-corrected chi connectivity index (χ3v) is 7.93. The van der Waals surface area contributed by atoms with Gasteiger partial charge < -0.3 is 34.8 Å². The number of ether oxygens (including phenoxy) is 2. The lowest BCUT2D eigenvalue weighted by atomic mass is 9.84. The van der Waals surface area contributed by atoms with Gasteiger partial charge in [-0.2, -0.15) is 0 Å². The van der Waals surface area contributed by atoms with Gasteiger partial charge in [-0.15, -0.1) is 0 Å². The number of amides is 1. The highest BCUT2D eigenvalue weighted by molar-refractivity contribution is 5.95. The van der Waals surface area contributed by atoms with Crippen molar-refractivity contribution in [2.75, 3.05) is 6.54 Å². The molecular formula is C33H33NO11.